The third kappa shape index (κ3) is 0.867. The molecule has 1 fully saturated rings. The summed E-state index contributed by atoms with van der Waals surface area (Å²) in [5.74, 6) is -9.11. The molecule has 0 aromatic rings. The van der Waals surface area contributed by atoms with Crippen molar-refractivity contribution >= 4 is 31.9 Å². The topological polar surface area (TPSA) is 0 Å². The Morgan fingerprint density at radius 3 is 1.42 bits per heavy atom. The number of hydrogen-bond donors (Lipinski definition) is 0. The Hall–Kier alpha value is 0.610. The first-order valence-corrected chi connectivity index (χ1v) is 4.91. The van der Waals surface area contributed by atoms with Gasteiger partial charge in [-0.2, -0.15) is 17.6 Å². The summed E-state index contributed by atoms with van der Waals surface area (Å²) >= 11 is 5.07. The molecule has 1 unspecified atom stereocenters. The highest BCUT2D eigenvalue weighted by molar-refractivity contribution is 9.12. The van der Waals surface area contributed by atoms with Crippen LogP contribution in [0.1, 0.15) is 0 Å². The van der Waals surface area contributed by atoms with Crippen LogP contribution in [-0.2, 0) is 0 Å². The van der Waals surface area contributed by atoms with E-state index in [4.69, 9.17) is 0 Å². The van der Waals surface area contributed by atoms with Gasteiger partial charge in [0, 0.05) is 5.33 Å². The summed E-state index contributed by atoms with van der Waals surface area (Å²) in [5, 5.41) is -0.297. The van der Waals surface area contributed by atoms with Crippen LogP contribution in [-0.4, -0.2) is 27.7 Å². The summed E-state index contributed by atoms with van der Waals surface area (Å²) in [6.45, 7) is 0. The van der Waals surface area contributed by atoms with Crippen LogP contribution in [0.5, 0.6) is 0 Å². The second-order valence-corrected chi connectivity index (χ2v) is 4.24. The second-order valence-electron chi connectivity index (χ2n) is 2.48. The maximum atomic E-state index is 12.9. The van der Waals surface area contributed by atoms with E-state index in [0.29, 0.717) is 0 Å². The van der Waals surface area contributed by atoms with Crippen molar-refractivity contribution in [2.75, 3.05) is 5.33 Å². The fourth-order valence-corrected chi connectivity index (χ4v) is 1.93. The van der Waals surface area contributed by atoms with Crippen molar-refractivity contribution < 1.29 is 22.0 Å². The monoisotopic (exact) mass is 316 g/mol. The van der Waals surface area contributed by atoms with Crippen LogP contribution in [0.2, 0.25) is 0 Å². The average Bonchev–Trinajstić information content (AvgIpc) is 2.28. The van der Waals surface area contributed by atoms with E-state index in [9.17, 15) is 22.0 Å². The first-order valence-electron chi connectivity index (χ1n) is 2.88. The highest BCUT2D eigenvalue weighted by Gasteiger charge is 3.00. The smallest absolute Gasteiger partial charge is 0.229 e. The molecule has 0 N–H and O–H groups in total. The Balaban J connectivity index is 2.92. The lowest BCUT2D eigenvalue weighted by Crippen LogP contribution is -2.28. The van der Waals surface area contributed by atoms with E-state index >= 15 is 0 Å². The molecule has 72 valence electrons. The molecule has 0 spiro atoms. The van der Waals surface area contributed by atoms with Crippen molar-refractivity contribution in [3.63, 3.8) is 0 Å². The Kier molecular flexibility index (Phi) is 2.28. The van der Waals surface area contributed by atoms with Crippen molar-refractivity contribution in [1.29, 1.82) is 0 Å². The minimum Gasteiger partial charge on any atom is -0.229 e. The van der Waals surface area contributed by atoms with Gasteiger partial charge in [-0.1, -0.05) is 31.9 Å². The molecular weight excluding hydrogens is 315 g/mol. The zero-order chi connectivity index (χ0) is 9.78. The van der Waals surface area contributed by atoms with Gasteiger partial charge in [0.05, 0.1) is 4.83 Å². The maximum Gasteiger partial charge on any atom is 0.354 e. The molecular formula is C5H3Br2F5. The van der Waals surface area contributed by atoms with Gasteiger partial charge < -0.3 is 0 Å². The molecule has 0 heterocycles. The SMILES string of the molecule is FC1(F)C(F)(F)C1(F)C(Br)CBr. The summed E-state index contributed by atoms with van der Waals surface area (Å²) < 4.78 is 61.8. The van der Waals surface area contributed by atoms with Crippen LogP contribution in [0.3, 0.4) is 0 Å². The van der Waals surface area contributed by atoms with Crippen molar-refractivity contribution in [2.45, 2.75) is 22.3 Å². The van der Waals surface area contributed by atoms with Gasteiger partial charge in [0.25, 0.3) is 5.67 Å². The largest absolute Gasteiger partial charge is 0.354 e. The molecule has 1 saturated carbocycles. The molecule has 0 aromatic heterocycles. The molecule has 7 heteroatoms. The van der Waals surface area contributed by atoms with Gasteiger partial charge >= 0.3 is 11.8 Å². The molecule has 0 aromatic carbocycles. The lowest BCUT2D eigenvalue weighted by Gasteiger charge is -2.08. The number of halogens is 7. The molecule has 0 saturated heterocycles. The maximum absolute atomic E-state index is 12.9. The molecule has 0 aliphatic heterocycles. The van der Waals surface area contributed by atoms with Gasteiger partial charge in [-0.25, -0.2) is 4.39 Å². The predicted molar refractivity (Wildman–Crippen MR) is 40.2 cm³/mol. The molecule has 1 aliphatic rings. The summed E-state index contributed by atoms with van der Waals surface area (Å²) in [7, 11) is 0. The van der Waals surface area contributed by atoms with E-state index in [-0.39, 0.29) is 5.33 Å². The van der Waals surface area contributed by atoms with E-state index < -0.39 is 22.3 Å². The Morgan fingerprint density at radius 2 is 1.33 bits per heavy atom. The van der Waals surface area contributed by atoms with Crippen LogP contribution in [0.4, 0.5) is 22.0 Å². The zero-order valence-corrected chi connectivity index (χ0v) is 8.60. The van der Waals surface area contributed by atoms with E-state index in [1.807, 2.05) is 0 Å². The molecule has 0 amide bonds. The van der Waals surface area contributed by atoms with Gasteiger partial charge in [0.2, 0.25) is 0 Å². The van der Waals surface area contributed by atoms with E-state index in [2.05, 4.69) is 31.9 Å². The van der Waals surface area contributed by atoms with Crippen molar-refractivity contribution in [3.05, 3.63) is 0 Å². The standard InChI is InChI=1S/C5H3Br2F5/c6-1-2(7)3(8)4(9,10)5(3,11)12/h2H,1H2. The highest BCUT2D eigenvalue weighted by atomic mass is 79.9. The van der Waals surface area contributed by atoms with Crippen molar-refractivity contribution in [3.8, 4) is 0 Å². The molecule has 0 bridgehead atoms. The van der Waals surface area contributed by atoms with E-state index in [1.54, 1.807) is 0 Å². The fourth-order valence-electron chi connectivity index (χ4n) is 0.906. The quantitative estimate of drug-likeness (QED) is 0.542. The van der Waals surface area contributed by atoms with Gasteiger partial charge in [0.15, 0.2) is 0 Å². The predicted octanol–water partition coefficient (Wildman–Crippen LogP) is 3.14. The Morgan fingerprint density at radius 1 is 1.00 bits per heavy atom. The summed E-state index contributed by atoms with van der Waals surface area (Å²) in [5.41, 5.74) is -3.75. The number of hydrogen-bond acceptors (Lipinski definition) is 0. The second kappa shape index (κ2) is 2.56. The van der Waals surface area contributed by atoms with E-state index in [0.717, 1.165) is 0 Å². The Bertz CT molecular complexity index is 190. The van der Waals surface area contributed by atoms with Crippen LogP contribution >= 0.6 is 31.9 Å². The summed E-state index contributed by atoms with van der Waals surface area (Å²) in [4.78, 5) is -1.59. The van der Waals surface area contributed by atoms with Gasteiger partial charge in [-0.15, -0.1) is 0 Å². The highest BCUT2D eigenvalue weighted by Crippen LogP contribution is 2.70. The van der Waals surface area contributed by atoms with Gasteiger partial charge in [-0.05, 0) is 0 Å². The van der Waals surface area contributed by atoms with Crippen LogP contribution in [0.15, 0.2) is 0 Å². The van der Waals surface area contributed by atoms with Crippen molar-refractivity contribution in [1.82, 2.24) is 0 Å². The van der Waals surface area contributed by atoms with Crippen LogP contribution in [0, 0.1) is 0 Å². The third-order valence-corrected chi connectivity index (χ3v) is 4.28. The van der Waals surface area contributed by atoms with E-state index in [1.165, 1.54) is 0 Å². The molecule has 1 atom stereocenters. The molecule has 0 nitrogen and oxygen atoms in total. The fraction of sp³-hybridized carbons (Fsp3) is 1.00. The van der Waals surface area contributed by atoms with Crippen LogP contribution in [0.25, 0.3) is 0 Å². The van der Waals surface area contributed by atoms with Gasteiger partial charge in [0.1, 0.15) is 0 Å². The molecule has 1 aliphatic carbocycles. The Labute approximate surface area is 81.8 Å². The molecule has 1 rings (SSSR count). The molecule has 12 heavy (non-hydrogen) atoms. The zero-order valence-electron chi connectivity index (χ0n) is 5.43. The minimum absolute atomic E-state index is 0.297. The first-order chi connectivity index (χ1) is 5.23. The van der Waals surface area contributed by atoms with Crippen molar-refractivity contribution in [2.24, 2.45) is 0 Å². The first kappa shape index (κ1) is 10.7. The molecule has 0 radical (unpaired) electrons. The summed E-state index contributed by atoms with van der Waals surface area (Å²) in [6.07, 6.45) is 0. The normalized spacial score (nSPS) is 31.2. The number of rotatable bonds is 2. The lowest BCUT2D eigenvalue weighted by atomic mass is 10.3. The van der Waals surface area contributed by atoms with Crippen LogP contribution < -0.4 is 0 Å². The lowest BCUT2D eigenvalue weighted by molar-refractivity contribution is -0.0278. The summed E-state index contributed by atoms with van der Waals surface area (Å²) in [6, 6.07) is 0. The average molecular weight is 318 g/mol. The minimum atomic E-state index is -4.55. The van der Waals surface area contributed by atoms with Gasteiger partial charge in [-0.3, -0.25) is 0 Å². The third-order valence-electron chi connectivity index (χ3n) is 1.81. The number of alkyl halides is 7.